The molecular weight excluding hydrogens is 392 g/mol. The molecule has 2 aromatic carbocycles. The van der Waals surface area contributed by atoms with E-state index in [1.54, 1.807) is 24.3 Å². The van der Waals surface area contributed by atoms with Gasteiger partial charge in [0.15, 0.2) is 0 Å². The first-order valence-corrected chi connectivity index (χ1v) is 7.07. The Morgan fingerprint density at radius 2 is 1.80 bits per heavy atom. The van der Waals surface area contributed by atoms with Crippen LogP contribution in [0.5, 0.6) is 0 Å². The minimum Gasteiger partial charge on any atom is -0.322 e. The summed E-state index contributed by atoms with van der Waals surface area (Å²) in [6.07, 6.45) is 0. The Kier molecular flexibility index (Phi) is 4.51. The van der Waals surface area contributed by atoms with Gasteiger partial charge in [-0.05, 0) is 56.1 Å². The SMILES string of the molecule is O=C(Nc1ccc(Br)c(Br)c1)c1ccccc1[N+](=O)[O-]. The first kappa shape index (κ1) is 14.7. The first-order valence-electron chi connectivity index (χ1n) is 5.49. The van der Waals surface area contributed by atoms with Gasteiger partial charge in [0.25, 0.3) is 11.6 Å². The van der Waals surface area contributed by atoms with Crippen LogP contribution in [0.25, 0.3) is 0 Å². The molecule has 0 radical (unpaired) electrons. The number of hydrogen-bond donors (Lipinski definition) is 1. The van der Waals surface area contributed by atoms with Crippen LogP contribution in [0.3, 0.4) is 0 Å². The van der Waals surface area contributed by atoms with E-state index in [0.29, 0.717) is 5.69 Å². The van der Waals surface area contributed by atoms with Gasteiger partial charge >= 0.3 is 0 Å². The molecule has 0 bridgehead atoms. The number of anilines is 1. The molecule has 0 aromatic heterocycles. The van der Waals surface area contributed by atoms with Gasteiger partial charge in [-0.2, -0.15) is 0 Å². The zero-order chi connectivity index (χ0) is 14.7. The van der Waals surface area contributed by atoms with Crippen molar-refractivity contribution < 1.29 is 9.72 Å². The molecule has 0 atom stereocenters. The van der Waals surface area contributed by atoms with E-state index in [1.807, 2.05) is 0 Å². The molecule has 20 heavy (non-hydrogen) atoms. The second kappa shape index (κ2) is 6.15. The highest BCUT2D eigenvalue weighted by molar-refractivity contribution is 9.13. The molecular formula is C13H8Br2N2O3. The molecule has 2 aromatic rings. The fourth-order valence-electron chi connectivity index (χ4n) is 1.60. The number of hydrogen-bond acceptors (Lipinski definition) is 3. The van der Waals surface area contributed by atoms with Crippen LogP contribution >= 0.6 is 31.9 Å². The van der Waals surface area contributed by atoms with Crippen molar-refractivity contribution in [1.29, 1.82) is 0 Å². The summed E-state index contributed by atoms with van der Waals surface area (Å²) in [5.74, 6) is -0.522. The maximum atomic E-state index is 12.1. The number of benzene rings is 2. The summed E-state index contributed by atoms with van der Waals surface area (Å²) in [6.45, 7) is 0. The lowest BCUT2D eigenvalue weighted by Gasteiger charge is -2.07. The molecule has 0 unspecified atom stereocenters. The zero-order valence-corrected chi connectivity index (χ0v) is 13.1. The van der Waals surface area contributed by atoms with Gasteiger partial charge in [0.2, 0.25) is 0 Å². The number of nitrogens with one attached hydrogen (secondary N) is 1. The fourth-order valence-corrected chi connectivity index (χ4v) is 2.22. The number of para-hydroxylation sites is 1. The van der Waals surface area contributed by atoms with Crippen molar-refractivity contribution in [2.45, 2.75) is 0 Å². The van der Waals surface area contributed by atoms with Crippen molar-refractivity contribution in [2.24, 2.45) is 0 Å². The summed E-state index contributed by atoms with van der Waals surface area (Å²) in [4.78, 5) is 22.4. The quantitative estimate of drug-likeness (QED) is 0.615. The van der Waals surface area contributed by atoms with Crippen molar-refractivity contribution in [2.75, 3.05) is 5.32 Å². The van der Waals surface area contributed by atoms with E-state index in [4.69, 9.17) is 0 Å². The molecule has 5 nitrogen and oxygen atoms in total. The van der Waals surface area contributed by atoms with Crippen molar-refractivity contribution >= 4 is 49.1 Å². The average molecular weight is 400 g/mol. The molecule has 0 aliphatic heterocycles. The Morgan fingerprint density at radius 1 is 1.10 bits per heavy atom. The number of rotatable bonds is 3. The molecule has 0 fully saturated rings. The number of nitrogens with zero attached hydrogens (tertiary/aromatic N) is 1. The van der Waals surface area contributed by atoms with Gasteiger partial charge < -0.3 is 5.32 Å². The molecule has 2 rings (SSSR count). The van der Waals surface area contributed by atoms with Crippen LogP contribution in [0, 0.1) is 10.1 Å². The lowest BCUT2D eigenvalue weighted by molar-refractivity contribution is -0.385. The van der Waals surface area contributed by atoms with Crippen LogP contribution in [-0.2, 0) is 0 Å². The molecule has 0 heterocycles. The Hall–Kier alpha value is -1.73. The average Bonchev–Trinajstić information content (AvgIpc) is 2.43. The molecule has 0 spiro atoms. The van der Waals surface area contributed by atoms with Gasteiger partial charge in [-0.25, -0.2) is 0 Å². The minimum atomic E-state index is -0.577. The van der Waals surface area contributed by atoms with Gasteiger partial charge in [0.05, 0.1) is 4.92 Å². The van der Waals surface area contributed by atoms with E-state index in [0.717, 1.165) is 8.95 Å². The Bertz CT molecular complexity index is 689. The van der Waals surface area contributed by atoms with Crippen molar-refractivity contribution in [3.05, 3.63) is 67.1 Å². The van der Waals surface area contributed by atoms with E-state index >= 15 is 0 Å². The van der Waals surface area contributed by atoms with Gasteiger partial charge in [0, 0.05) is 20.7 Å². The first-order chi connectivity index (χ1) is 9.49. The number of nitro groups is 1. The standard InChI is InChI=1S/C13H8Br2N2O3/c14-10-6-5-8(7-11(10)15)16-13(18)9-3-1-2-4-12(9)17(19)20/h1-7H,(H,16,18). The highest BCUT2D eigenvalue weighted by Gasteiger charge is 2.19. The number of nitro benzene ring substituents is 1. The van der Waals surface area contributed by atoms with Crippen LogP contribution in [0.4, 0.5) is 11.4 Å². The van der Waals surface area contributed by atoms with E-state index in [9.17, 15) is 14.9 Å². The topological polar surface area (TPSA) is 72.2 Å². The van der Waals surface area contributed by atoms with E-state index in [-0.39, 0.29) is 11.3 Å². The van der Waals surface area contributed by atoms with Gasteiger partial charge in [0.1, 0.15) is 5.56 Å². The summed E-state index contributed by atoms with van der Waals surface area (Å²) < 4.78 is 1.62. The van der Waals surface area contributed by atoms with Crippen LogP contribution in [0.1, 0.15) is 10.4 Å². The molecule has 0 aliphatic rings. The van der Waals surface area contributed by atoms with Gasteiger partial charge in [-0.15, -0.1) is 0 Å². The summed E-state index contributed by atoms with van der Waals surface area (Å²) in [5, 5.41) is 13.5. The molecule has 0 saturated heterocycles. The lowest BCUT2D eigenvalue weighted by Crippen LogP contribution is -2.13. The second-order valence-electron chi connectivity index (χ2n) is 3.86. The van der Waals surface area contributed by atoms with Crippen molar-refractivity contribution in [1.82, 2.24) is 0 Å². The largest absolute Gasteiger partial charge is 0.322 e. The van der Waals surface area contributed by atoms with Crippen molar-refractivity contribution in [3.63, 3.8) is 0 Å². The third-order valence-electron chi connectivity index (χ3n) is 2.52. The summed E-state index contributed by atoms with van der Waals surface area (Å²) in [5.41, 5.74) is 0.348. The highest BCUT2D eigenvalue weighted by Crippen LogP contribution is 2.27. The third-order valence-corrected chi connectivity index (χ3v) is 4.40. The molecule has 1 N–H and O–H groups in total. The summed E-state index contributed by atoms with van der Waals surface area (Å²) in [7, 11) is 0. The zero-order valence-electron chi connectivity index (χ0n) is 9.97. The fraction of sp³-hybridized carbons (Fsp3) is 0. The Labute approximate surface area is 131 Å². The molecule has 0 saturated carbocycles. The Balaban J connectivity index is 2.28. The molecule has 1 amide bonds. The highest BCUT2D eigenvalue weighted by atomic mass is 79.9. The van der Waals surface area contributed by atoms with E-state index in [2.05, 4.69) is 37.2 Å². The lowest BCUT2D eigenvalue weighted by atomic mass is 10.1. The predicted molar refractivity (Wildman–Crippen MR) is 82.9 cm³/mol. The van der Waals surface area contributed by atoms with E-state index < -0.39 is 10.8 Å². The second-order valence-corrected chi connectivity index (χ2v) is 5.57. The number of amides is 1. The summed E-state index contributed by atoms with van der Waals surface area (Å²) in [6, 6.07) is 11.0. The molecule has 0 aliphatic carbocycles. The Morgan fingerprint density at radius 3 is 2.45 bits per heavy atom. The third kappa shape index (κ3) is 3.23. The molecule has 7 heteroatoms. The maximum Gasteiger partial charge on any atom is 0.282 e. The maximum absolute atomic E-state index is 12.1. The van der Waals surface area contributed by atoms with E-state index in [1.165, 1.54) is 18.2 Å². The number of halogens is 2. The van der Waals surface area contributed by atoms with Gasteiger partial charge in [-0.3, -0.25) is 14.9 Å². The van der Waals surface area contributed by atoms with Crippen LogP contribution < -0.4 is 5.32 Å². The van der Waals surface area contributed by atoms with Crippen LogP contribution in [0.15, 0.2) is 51.4 Å². The van der Waals surface area contributed by atoms with Crippen molar-refractivity contribution in [3.8, 4) is 0 Å². The minimum absolute atomic E-state index is 0.0246. The van der Waals surface area contributed by atoms with Crippen LogP contribution in [0.2, 0.25) is 0 Å². The number of carbonyl (C=O) groups is 1. The van der Waals surface area contributed by atoms with Crippen LogP contribution in [-0.4, -0.2) is 10.8 Å². The smallest absolute Gasteiger partial charge is 0.282 e. The monoisotopic (exact) mass is 398 g/mol. The predicted octanol–water partition coefficient (Wildman–Crippen LogP) is 4.37. The normalized spacial score (nSPS) is 10.1. The summed E-state index contributed by atoms with van der Waals surface area (Å²) >= 11 is 6.65. The van der Waals surface area contributed by atoms with Gasteiger partial charge in [-0.1, -0.05) is 12.1 Å². The molecule has 102 valence electrons. The number of carbonyl (C=O) groups excluding carboxylic acids is 1.